The zero-order valence-electron chi connectivity index (χ0n) is 12.8. The molecule has 0 radical (unpaired) electrons. The van der Waals surface area contributed by atoms with Crippen molar-refractivity contribution in [3.63, 3.8) is 0 Å². The molecule has 0 bridgehead atoms. The normalized spacial score (nSPS) is 20.3. The van der Waals surface area contributed by atoms with Gasteiger partial charge in [0, 0.05) is 17.2 Å². The first-order valence-electron chi connectivity index (χ1n) is 6.80. The third-order valence-electron chi connectivity index (χ3n) is 4.42. The maximum Gasteiger partial charge on any atom is 0.505 e. The van der Waals surface area contributed by atoms with Crippen molar-refractivity contribution >= 4 is 39.4 Å². The molecule has 0 saturated carbocycles. The first-order chi connectivity index (χ1) is 9.62. The van der Waals surface area contributed by atoms with Gasteiger partial charge in [-0.1, -0.05) is 0 Å². The molecular weight excluding hydrogens is 289 g/mol. The van der Waals surface area contributed by atoms with Crippen molar-refractivity contribution < 1.29 is 19.2 Å². The van der Waals surface area contributed by atoms with Crippen molar-refractivity contribution in [3.8, 4) is 0 Å². The molecule has 0 spiro atoms. The van der Waals surface area contributed by atoms with Crippen LogP contribution in [0.15, 0.2) is 12.1 Å². The summed E-state index contributed by atoms with van der Waals surface area (Å²) < 4.78 is 14.7. The SMILES string of the molecule is Cn1c(C(=O)O)cc2cc(B3OC(C)(C)C(C)(C)O3)sc21. The summed E-state index contributed by atoms with van der Waals surface area (Å²) in [6.07, 6.45) is 0. The van der Waals surface area contributed by atoms with Crippen LogP contribution in [0.5, 0.6) is 0 Å². The highest BCUT2D eigenvalue weighted by Crippen LogP contribution is 2.37. The number of hydrogen-bond donors (Lipinski definition) is 1. The van der Waals surface area contributed by atoms with E-state index in [2.05, 4.69) is 0 Å². The van der Waals surface area contributed by atoms with Gasteiger partial charge in [-0.2, -0.15) is 0 Å². The van der Waals surface area contributed by atoms with Gasteiger partial charge in [0.25, 0.3) is 0 Å². The Balaban J connectivity index is 1.99. The minimum Gasteiger partial charge on any atom is -0.477 e. The average molecular weight is 307 g/mol. The lowest BCUT2D eigenvalue weighted by Gasteiger charge is -2.32. The van der Waals surface area contributed by atoms with Crippen molar-refractivity contribution in [2.75, 3.05) is 0 Å². The number of aryl methyl sites for hydroxylation is 1. The van der Waals surface area contributed by atoms with Crippen LogP contribution in [0.1, 0.15) is 38.2 Å². The van der Waals surface area contributed by atoms with E-state index in [1.165, 1.54) is 11.3 Å². The number of carboxylic acid groups (broad SMARTS) is 1. The van der Waals surface area contributed by atoms with Gasteiger partial charge >= 0.3 is 13.1 Å². The Morgan fingerprint density at radius 1 is 1.24 bits per heavy atom. The van der Waals surface area contributed by atoms with Gasteiger partial charge in [-0.3, -0.25) is 0 Å². The fourth-order valence-corrected chi connectivity index (χ4v) is 3.49. The van der Waals surface area contributed by atoms with Gasteiger partial charge in [-0.25, -0.2) is 4.79 Å². The molecule has 2 aromatic heterocycles. The first-order valence-corrected chi connectivity index (χ1v) is 7.62. The fourth-order valence-electron chi connectivity index (χ4n) is 2.41. The second-order valence-electron chi connectivity index (χ2n) is 6.39. The molecule has 1 aliphatic heterocycles. The highest BCUT2D eigenvalue weighted by Gasteiger charge is 2.52. The molecule has 1 aliphatic rings. The zero-order chi connectivity index (χ0) is 15.6. The maximum absolute atomic E-state index is 11.1. The molecule has 0 amide bonds. The smallest absolute Gasteiger partial charge is 0.477 e. The van der Waals surface area contributed by atoms with Crippen LogP contribution < -0.4 is 4.78 Å². The second-order valence-corrected chi connectivity index (χ2v) is 7.45. The number of carbonyl (C=O) groups is 1. The standard InChI is InChI=1S/C14H18BNO4S/c1-13(2)14(3,4)20-15(19-13)10-7-8-6-9(12(17)18)16(5)11(8)21-10/h6-7H,1-5H3,(H,17,18). The summed E-state index contributed by atoms with van der Waals surface area (Å²) in [5, 5.41) is 10.0. The van der Waals surface area contributed by atoms with Crippen LogP contribution in [0, 0.1) is 0 Å². The highest BCUT2D eigenvalue weighted by molar-refractivity contribution is 7.27. The monoisotopic (exact) mass is 307 g/mol. The summed E-state index contributed by atoms with van der Waals surface area (Å²) in [4.78, 5) is 12.0. The van der Waals surface area contributed by atoms with Crippen LogP contribution >= 0.6 is 11.3 Å². The number of carboxylic acids is 1. The molecule has 1 fully saturated rings. The summed E-state index contributed by atoms with van der Waals surface area (Å²) in [6, 6.07) is 3.64. The van der Waals surface area contributed by atoms with Crippen molar-refractivity contribution in [2.24, 2.45) is 7.05 Å². The molecular formula is C14H18BNO4S. The zero-order valence-corrected chi connectivity index (χ0v) is 13.6. The van der Waals surface area contributed by atoms with Crippen LogP contribution in [0.4, 0.5) is 0 Å². The predicted molar refractivity (Wildman–Crippen MR) is 83.5 cm³/mol. The Hall–Kier alpha value is -1.31. The van der Waals surface area contributed by atoms with E-state index in [1.807, 2.05) is 33.8 Å². The van der Waals surface area contributed by atoms with Gasteiger partial charge in [-0.05, 0) is 39.8 Å². The molecule has 2 aromatic rings. The van der Waals surface area contributed by atoms with Crippen LogP contribution in [-0.2, 0) is 16.4 Å². The van der Waals surface area contributed by atoms with Gasteiger partial charge < -0.3 is 19.0 Å². The third kappa shape index (κ3) is 2.11. The van der Waals surface area contributed by atoms with Gasteiger partial charge in [0.05, 0.1) is 11.2 Å². The lowest BCUT2D eigenvalue weighted by molar-refractivity contribution is 0.00578. The Morgan fingerprint density at radius 3 is 2.29 bits per heavy atom. The summed E-state index contributed by atoms with van der Waals surface area (Å²) in [6.45, 7) is 8.07. The third-order valence-corrected chi connectivity index (χ3v) is 5.67. The van der Waals surface area contributed by atoms with Crippen molar-refractivity contribution in [1.82, 2.24) is 4.57 Å². The lowest BCUT2D eigenvalue weighted by Crippen LogP contribution is -2.41. The minimum atomic E-state index is -0.918. The Bertz CT molecular complexity index is 715. The molecule has 112 valence electrons. The lowest BCUT2D eigenvalue weighted by atomic mass is 9.88. The Morgan fingerprint density at radius 2 is 1.81 bits per heavy atom. The van der Waals surface area contributed by atoms with E-state index in [0.717, 1.165) is 15.0 Å². The van der Waals surface area contributed by atoms with Gasteiger partial charge in [-0.15, -0.1) is 11.3 Å². The highest BCUT2D eigenvalue weighted by atomic mass is 32.1. The molecule has 3 heterocycles. The summed E-state index contributed by atoms with van der Waals surface area (Å²) >= 11 is 1.51. The van der Waals surface area contributed by atoms with E-state index in [4.69, 9.17) is 14.4 Å². The molecule has 5 nitrogen and oxygen atoms in total. The molecule has 1 N–H and O–H groups in total. The number of nitrogens with zero attached hydrogens (tertiary/aromatic N) is 1. The van der Waals surface area contributed by atoms with Crippen molar-refractivity contribution in [2.45, 2.75) is 38.9 Å². The maximum atomic E-state index is 11.1. The molecule has 0 aliphatic carbocycles. The Kier molecular flexibility index (Phi) is 3.03. The summed E-state index contributed by atoms with van der Waals surface area (Å²) in [5.41, 5.74) is -0.461. The van der Waals surface area contributed by atoms with E-state index >= 15 is 0 Å². The van der Waals surface area contributed by atoms with Crippen molar-refractivity contribution in [3.05, 3.63) is 17.8 Å². The van der Waals surface area contributed by atoms with Crippen LogP contribution in [0.25, 0.3) is 10.2 Å². The predicted octanol–water partition coefficient (Wildman–Crippen LogP) is 2.24. The molecule has 7 heteroatoms. The topological polar surface area (TPSA) is 60.7 Å². The van der Waals surface area contributed by atoms with E-state index in [1.54, 1.807) is 17.7 Å². The van der Waals surface area contributed by atoms with Gasteiger partial charge in [0.15, 0.2) is 0 Å². The molecule has 1 saturated heterocycles. The van der Waals surface area contributed by atoms with Crippen LogP contribution in [0.2, 0.25) is 0 Å². The second kappa shape index (κ2) is 4.35. The van der Waals surface area contributed by atoms with E-state index in [0.29, 0.717) is 0 Å². The summed E-state index contributed by atoms with van der Waals surface area (Å²) in [7, 11) is 1.36. The van der Waals surface area contributed by atoms with Crippen molar-refractivity contribution in [1.29, 1.82) is 0 Å². The Labute approximate surface area is 127 Å². The fraction of sp³-hybridized carbons (Fsp3) is 0.500. The van der Waals surface area contributed by atoms with Crippen LogP contribution in [0.3, 0.4) is 0 Å². The number of hydrogen-bond acceptors (Lipinski definition) is 4. The van der Waals surface area contributed by atoms with Crippen LogP contribution in [-0.4, -0.2) is 34.0 Å². The van der Waals surface area contributed by atoms with E-state index in [9.17, 15) is 4.79 Å². The van der Waals surface area contributed by atoms with Gasteiger partial charge in [0.1, 0.15) is 10.5 Å². The molecule has 21 heavy (non-hydrogen) atoms. The average Bonchev–Trinajstić information content (AvgIpc) is 2.93. The number of aromatic carboxylic acids is 1. The number of aromatic nitrogens is 1. The number of rotatable bonds is 2. The molecule has 0 aromatic carbocycles. The summed E-state index contributed by atoms with van der Waals surface area (Å²) in [5.74, 6) is -0.918. The minimum absolute atomic E-state index is 0.289. The molecule has 3 rings (SSSR count). The van der Waals surface area contributed by atoms with E-state index < -0.39 is 13.1 Å². The molecule has 0 unspecified atom stereocenters. The number of thiophene rings is 1. The van der Waals surface area contributed by atoms with E-state index in [-0.39, 0.29) is 16.9 Å². The number of fused-ring (bicyclic) bond motifs is 1. The largest absolute Gasteiger partial charge is 0.505 e. The quantitative estimate of drug-likeness (QED) is 0.864. The van der Waals surface area contributed by atoms with Gasteiger partial charge in [0.2, 0.25) is 0 Å². The first kappa shape index (κ1) is 14.6. The molecule has 0 atom stereocenters.